The lowest BCUT2D eigenvalue weighted by Crippen LogP contribution is -2.38. The minimum Gasteiger partial charge on any atom is -0.393 e. The summed E-state index contributed by atoms with van der Waals surface area (Å²) in [5.41, 5.74) is 0. The molecule has 0 aromatic heterocycles. The van der Waals surface area contributed by atoms with Crippen LogP contribution in [0.2, 0.25) is 0 Å². The highest BCUT2D eigenvalue weighted by molar-refractivity contribution is 4.70. The van der Waals surface area contributed by atoms with Gasteiger partial charge in [0.05, 0.1) is 12.7 Å². The van der Waals surface area contributed by atoms with Crippen molar-refractivity contribution in [2.45, 2.75) is 25.1 Å². The minimum absolute atomic E-state index is 0.0929. The van der Waals surface area contributed by atoms with Crippen LogP contribution >= 0.6 is 0 Å². The third-order valence-electron chi connectivity index (χ3n) is 2.37. The smallest absolute Gasteiger partial charge is 0.393 e. The Morgan fingerprint density at radius 2 is 1.87 bits per heavy atom. The zero-order valence-corrected chi connectivity index (χ0v) is 8.46. The Morgan fingerprint density at radius 1 is 1.27 bits per heavy atom. The summed E-state index contributed by atoms with van der Waals surface area (Å²) in [6, 6.07) is 0. The molecule has 15 heavy (non-hydrogen) atoms. The van der Waals surface area contributed by atoms with Crippen molar-refractivity contribution in [1.82, 2.24) is 4.90 Å². The summed E-state index contributed by atoms with van der Waals surface area (Å²) in [7, 11) is 0. The number of aliphatic hydroxyl groups excluding tert-OH is 1. The normalized spacial score (nSPS) is 20.8. The molecule has 6 heteroatoms. The van der Waals surface area contributed by atoms with Gasteiger partial charge in [0.25, 0.3) is 0 Å². The monoisotopic (exact) mass is 227 g/mol. The molecule has 0 atom stereocenters. The molecule has 3 nitrogen and oxygen atoms in total. The summed E-state index contributed by atoms with van der Waals surface area (Å²) in [5.74, 6) is 0. The van der Waals surface area contributed by atoms with Gasteiger partial charge in [0.15, 0.2) is 0 Å². The molecular formula is C9H16F3NO2. The highest BCUT2D eigenvalue weighted by Crippen LogP contribution is 2.14. The molecule has 1 heterocycles. The topological polar surface area (TPSA) is 32.7 Å². The number of likely N-dealkylation sites (tertiary alicyclic amines) is 1. The van der Waals surface area contributed by atoms with Crippen LogP contribution < -0.4 is 0 Å². The molecule has 0 bridgehead atoms. The summed E-state index contributed by atoms with van der Waals surface area (Å²) < 4.78 is 39.6. The first-order valence-corrected chi connectivity index (χ1v) is 5.02. The average Bonchev–Trinajstić information content (AvgIpc) is 2.14. The predicted octanol–water partition coefficient (Wildman–Crippen LogP) is 1.02. The van der Waals surface area contributed by atoms with Crippen LogP contribution in [-0.4, -0.2) is 55.1 Å². The molecule has 0 aliphatic carbocycles. The van der Waals surface area contributed by atoms with Gasteiger partial charge in [0.2, 0.25) is 0 Å². The van der Waals surface area contributed by atoms with Crippen LogP contribution in [0.1, 0.15) is 12.8 Å². The van der Waals surface area contributed by atoms with Crippen LogP contribution in [0.4, 0.5) is 13.2 Å². The first kappa shape index (κ1) is 12.7. The van der Waals surface area contributed by atoms with Gasteiger partial charge in [-0.25, -0.2) is 0 Å². The number of alkyl halides is 3. The zero-order valence-electron chi connectivity index (χ0n) is 8.46. The van der Waals surface area contributed by atoms with Crippen molar-refractivity contribution in [3.63, 3.8) is 0 Å². The van der Waals surface area contributed by atoms with E-state index in [2.05, 4.69) is 4.74 Å². The fourth-order valence-corrected chi connectivity index (χ4v) is 1.52. The molecule has 1 aliphatic heterocycles. The lowest BCUT2D eigenvalue weighted by Gasteiger charge is -2.29. The third kappa shape index (κ3) is 5.96. The molecule has 0 spiro atoms. The van der Waals surface area contributed by atoms with E-state index in [1.54, 1.807) is 0 Å². The minimum atomic E-state index is -4.24. The number of rotatable bonds is 4. The summed E-state index contributed by atoms with van der Waals surface area (Å²) in [6.45, 7) is 0.884. The fraction of sp³-hybridized carbons (Fsp3) is 1.00. The highest BCUT2D eigenvalue weighted by atomic mass is 19.4. The van der Waals surface area contributed by atoms with Crippen molar-refractivity contribution < 1.29 is 23.0 Å². The van der Waals surface area contributed by atoms with E-state index in [9.17, 15) is 18.3 Å². The van der Waals surface area contributed by atoms with Crippen molar-refractivity contribution in [3.8, 4) is 0 Å². The van der Waals surface area contributed by atoms with Gasteiger partial charge < -0.3 is 14.7 Å². The SMILES string of the molecule is OC1CCN(CCOCC(F)(F)F)CC1. The zero-order chi connectivity index (χ0) is 11.3. The quantitative estimate of drug-likeness (QED) is 0.728. The Kier molecular flexibility index (Phi) is 4.82. The van der Waals surface area contributed by atoms with E-state index in [0.717, 1.165) is 13.1 Å². The molecule has 0 aromatic rings. The van der Waals surface area contributed by atoms with Crippen LogP contribution in [0.15, 0.2) is 0 Å². The van der Waals surface area contributed by atoms with Crippen molar-refractivity contribution in [3.05, 3.63) is 0 Å². The number of aliphatic hydroxyl groups is 1. The lowest BCUT2D eigenvalue weighted by atomic mass is 10.1. The second-order valence-electron chi connectivity index (χ2n) is 3.74. The van der Waals surface area contributed by atoms with E-state index in [4.69, 9.17) is 0 Å². The maximum absolute atomic E-state index is 11.7. The Labute approximate surface area is 86.8 Å². The molecule has 1 fully saturated rings. The van der Waals surface area contributed by atoms with Crippen LogP contribution in [0, 0.1) is 0 Å². The molecule has 0 aromatic carbocycles. The van der Waals surface area contributed by atoms with Crippen molar-refractivity contribution in [2.24, 2.45) is 0 Å². The molecule has 0 unspecified atom stereocenters. The predicted molar refractivity (Wildman–Crippen MR) is 48.6 cm³/mol. The lowest BCUT2D eigenvalue weighted by molar-refractivity contribution is -0.174. The summed E-state index contributed by atoms with van der Waals surface area (Å²) >= 11 is 0. The van der Waals surface area contributed by atoms with Crippen LogP contribution in [0.3, 0.4) is 0 Å². The van der Waals surface area contributed by atoms with Crippen molar-refractivity contribution in [1.29, 1.82) is 0 Å². The van der Waals surface area contributed by atoms with E-state index in [0.29, 0.717) is 19.4 Å². The van der Waals surface area contributed by atoms with E-state index in [1.807, 2.05) is 4.90 Å². The van der Waals surface area contributed by atoms with E-state index < -0.39 is 12.8 Å². The first-order chi connectivity index (χ1) is 6.97. The van der Waals surface area contributed by atoms with Crippen LogP contribution in [-0.2, 0) is 4.74 Å². The molecule has 1 N–H and O–H groups in total. The summed E-state index contributed by atoms with van der Waals surface area (Å²) in [4.78, 5) is 2.00. The second-order valence-corrected chi connectivity index (χ2v) is 3.74. The molecule has 1 rings (SSSR count). The van der Waals surface area contributed by atoms with Gasteiger partial charge in [-0.2, -0.15) is 13.2 Å². The fourth-order valence-electron chi connectivity index (χ4n) is 1.52. The molecule has 0 amide bonds. The van der Waals surface area contributed by atoms with Gasteiger partial charge in [0.1, 0.15) is 6.61 Å². The average molecular weight is 227 g/mol. The van der Waals surface area contributed by atoms with E-state index >= 15 is 0 Å². The third-order valence-corrected chi connectivity index (χ3v) is 2.37. The molecule has 1 aliphatic rings. The van der Waals surface area contributed by atoms with Gasteiger partial charge in [0, 0.05) is 19.6 Å². The van der Waals surface area contributed by atoms with Crippen molar-refractivity contribution in [2.75, 3.05) is 32.8 Å². The Bertz CT molecular complexity index is 179. The number of piperidine rings is 1. The largest absolute Gasteiger partial charge is 0.411 e. The van der Waals surface area contributed by atoms with Gasteiger partial charge in [-0.05, 0) is 12.8 Å². The molecule has 1 saturated heterocycles. The highest BCUT2D eigenvalue weighted by Gasteiger charge is 2.27. The number of halogens is 3. The maximum Gasteiger partial charge on any atom is 0.411 e. The molecule has 0 saturated carbocycles. The van der Waals surface area contributed by atoms with Gasteiger partial charge in [-0.3, -0.25) is 0 Å². The van der Waals surface area contributed by atoms with Gasteiger partial charge in [-0.15, -0.1) is 0 Å². The molecule has 90 valence electrons. The van der Waals surface area contributed by atoms with E-state index in [-0.39, 0.29) is 12.7 Å². The Hall–Kier alpha value is -0.330. The Balaban J connectivity index is 2.01. The number of hydrogen-bond donors (Lipinski definition) is 1. The van der Waals surface area contributed by atoms with E-state index in [1.165, 1.54) is 0 Å². The second kappa shape index (κ2) is 5.67. The number of ether oxygens (including phenoxy) is 1. The van der Waals surface area contributed by atoms with Gasteiger partial charge in [-0.1, -0.05) is 0 Å². The Morgan fingerprint density at radius 3 is 2.40 bits per heavy atom. The summed E-state index contributed by atoms with van der Waals surface area (Å²) in [5, 5.41) is 9.20. The van der Waals surface area contributed by atoms with Crippen LogP contribution in [0.25, 0.3) is 0 Å². The molecule has 0 radical (unpaired) electrons. The molecular weight excluding hydrogens is 211 g/mol. The standard InChI is InChI=1S/C9H16F3NO2/c10-9(11,12)7-15-6-5-13-3-1-8(14)2-4-13/h8,14H,1-7H2. The maximum atomic E-state index is 11.7. The summed E-state index contributed by atoms with van der Waals surface area (Å²) in [6.07, 6.45) is -3.10. The van der Waals surface area contributed by atoms with Gasteiger partial charge >= 0.3 is 6.18 Å². The first-order valence-electron chi connectivity index (χ1n) is 5.02. The number of hydrogen-bond acceptors (Lipinski definition) is 3. The van der Waals surface area contributed by atoms with Crippen LogP contribution in [0.5, 0.6) is 0 Å². The van der Waals surface area contributed by atoms with Crippen molar-refractivity contribution >= 4 is 0 Å². The number of nitrogens with zero attached hydrogens (tertiary/aromatic N) is 1.